The van der Waals surface area contributed by atoms with Crippen molar-refractivity contribution in [2.45, 2.75) is 6.92 Å². The lowest BCUT2D eigenvalue weighted by molar-refractivity contribution is -0.135. The molecule has 8 nitrogen and oxygen atoms in total. The lowest BCUT2D eigenvalue weighted by Gasteiger charge is -2.34. The summed E-state index contributed by atoms with van der Waals surface area (Å²) >= 11 is 3.17. The Bertz CT molecular complexity index is 852. The van der Waals surface area contributed by atoms with Crippen LogP contribution in [0.4, 0.5) is 10.2 Å². The number of hydrogen-bond donors (Lipinski definition) is 1. The monoisotopic (exact) mass is 454 g/mol. The van der Waals surface area contributed by atoms with Crippen LogP contribution in [0.1, 0.15) is 5.76 Å². The van der Waals surface area contributed by atoms with E-state index in [0.29, 0.717) is 42.2 Å². The molecule has 0 bridgehead atoms. The van der Waals surface area contributed by atoms with Crippen molar-refractivity contribution in [3.05, 3.63) is 40.3 Å². The Hall–Kier alpha value is -2.46. The summed E-state index contributed by atoms with van der Waals surface area (Å²) in [5.74, 6) is 0.100. The molecule has 2 aromatic rings. The van der Waals surface area contributed by atoms with E-state index >= 15 is 0 Å². The Balaban J connectivity index is 1.40. The highest BCUT2D eigenvalue weighted by Gasteiger charge is 2.23. The number of nitrogens with zero attached hydrogens (tertiary/aromatic N) is 3. The lowest BCUT2D eigenvalue weighted by Crippen LogP contribution is -2.51. The van der Waals surface area contributed by atoms with Crippen LogP contribution in [0.25, 0.3) is 0 Å². The molecule has 28 heavy (non-hydrogen) atoms. The van der Waals surface area contributed by atoms with Gasteiger partial charge >= 0.3 is 0 Å². The van der Waals surface area contributed by atoms with E-state index in [0.717, 1.165) is 0 Å². The fraction of sp³-hybridized carbons (Fsp3) is 0.389. The molecular weight excluding hydrogens is 435 g/mol. The number of amides is 2. The summed E-state index contributed by atoms with van der Waals surface area (Å²) in [5, 5.41) is 6.39. The molecule has 1 aromatic carbocycles. The van der Waals surface area contributed by atoms with E-state index in [4.69, 9.17) is 9.26 Å². The van der Waals surface area contributed by atoms with Gasteiger partial charge in [0.1, 0.15) is 5.76 Å². The summed E-state index contributed by atoms with van der Waals surface area (Å²) in [6.07, 6.45) is 0. The first kappa shape index (κ1) is 20.3. The van der Waals surface area contributed by atoms with Gasteiger partial charge in [-0.2, -0.15) is 0 Å². The van der Waals surface area contributed by atoms with Crippen LogP contribution in [0, 0.1) is 12.7 Å². The van der Waals surface area contributed by atoms with E-state index in [-0.39, 0.29) is 30.7 Å². The quantitative estimate of drug-likeness (QED) is 0.718. The van der Waals surface area contributed by atoms with Crippen LogP contribution in [-0.4, -0.2) is 66.1 Å². The molecule has 1 aliphatic rings. The third-order valence-corrected chi connectivity index (χ3v) is 4.73. The zero-order valence-electron chi connectivity index (χ0n) is 15.3. The van der Waals surface area contributed by atoms with Crippen LogP contribution in [-0.2, 0) is 9.59 Å². The predicted octanol–water partition coefficient (Wildman–Crippen LogP) is 2.05. The number of benzene rings is 1. The van der Waals surface area contributed by atoms with Gasteiger partial charge < -0.3 is 19.5 Å². The van der Waals surface area contributed by atoms with E-state index in [9.17, 15) is 14.0 Å². The second kappa shape index (κ2) is 9.16. The van der Waals surface area contributed by atoms with Crippen LogP contribution in [0.5, 0.6) is 5.75 Å². The SMILES string of the molecule is Cc1cc(NC(=O)CN2CCN(C(=O)COc3ccc(Br)cc3F)CC2)no1. The van der Waals surface area contributed by atoms with Crippen molar-refractivity contribution in [2.24, 2.45) is 0 Å². The number of ether oxygens (including phenoxy) is 1. The Kier molecular flexibility index (Phi) is 6.63. The molecule has 0 saturated carbocycles. The third-order valence-electron chi connectivity index (χ3n) is 4.23. The van der Waals surface area contributed by atoms with E-state index in [2.05, 4.69) is 26.4 Å². The fourth-order valence-electron chi connectivity index (χ4n) is 2.79. The zero-order valence-corrected chi connectivity index (χ0v) is 16.9. The number of rotatable bonds is 6. The normalized spacial score (nSPS) is 14.8. The second-order valence-corrected chi connectivity index (χ2v) is 7.31. The number of hydrogen-bond acceptors (Lipinski definition) is 6. The molecule has 0 spiro atoms. The van der Waals surface area contributed by atoms with Crippen molar-refractivity contribution in [1.29, 1.82) is 0 Å². The van der Waals surface area contributed by atoms with E-state index < -0.39 is 5.82 Å². The van der Waals surface area contributed by atoms with Crippen LogP contribution in [0.2, 0.25) is 0 Å². The van der Waals surface area contributed by atoms with Gasteiger partial charge in [-0.25, -0.2) is 4.39 Å². The predicted molar refractivity (Wildman–Crippen MR) is 102 cm³/mol. The molecule has 1 fully saturated rings. The average Bonchev–Trinajstić information content (AvgIpc) is 3.06. The molecule has 2 heterocycles. The highest BCUT2D eigenvalue weighted by atomic mass is 79.9. The van der Waals surface area contributed by atoms with Gasteiger partial charge in [-0.3, -0.25) is 14.5 Å². The minimum atomic E-state index is -0.527. The highest BCUT2D eigenvalue weighted by Crippen LogP contribution is 2.21. The first-order chi connectivity index (χ1) is 13.4. The Morgan fingerprint density at radius 2 is 2.04 bits per heavy atom. The van der Waals surface area contributed by atoms with Gasteiger partial charge in [0, 0.05) is 36.7 Å². The minimum absolute atomic E-state index is 0.0370. The number of carbonyl (C=O) groups excluding carboxylic acids is 2. The maximum absolute atomic E-state index is 13.7. The lowest BCUT2D eigenvalue weighted by atomic mass is 10.3. The Morgan fingerprint density at radius 1 is 1.29 bits per heavy atom. The number of aromatic nitrogens is 1. The summed E-state index contributed by atoms with van der Waals surface area (Å²) in [7, 11) is 0. The summed E-state index contributed by atoms with van der Waals surface area (Å²) in [6, 6.07) is 6.04. The molecule has 1 aromatic heterocycles. The second-order valence-electron chi connectivity index (χ2n) is 6.39. The van der Waals surface area contributed by atoms with Crippen LogP contribution in [0.3, 0.4) is 0 Å². The van der Waals surface area contributed by atoms with Gasteiger partial charge in [0.2, 0.25) is 5.91 Å². The van der Waals surface area contributed by atoms with E-state index in [1.807, 2.05) is 4.90 Å². The molecule has 0 atom stereocenters. The molecule has 10 heteroatoms. The number of halogens is 2. The Morgan fingerprint density at radius 3 is 2.68 bits per heavy atom. The molecule has 0 unspecified atom stereocenters. The summed E-state index contributed by atoms with van der Waals surface area (Å²) < 4.78 is 24.5. The van der Waals surface area contributed by atoms with Crippen molar-refractivity contribution in [1.82, 2.24) is 15.0 Å². The first-order valence-electron chi connectivity index (χ1n) is 8.72. The fourth-order valence-corrected chi connectivity index (χ4v) is 3.12. The average molecular weight is 455 g/mol. The number of aryl methyl sites for hydroxylation is 1. The molecule has 1 saturated heterocycles. The van der Waals surface area contributed by atoms with E-state index in [1.165, 1.54) is 12.1 Å². The molecule has 150 valence electrons. The number of anilines is 1. The molecule has 2 amide bonds. The van der Waals surface area contributed by atoms with Gasteiger partial charge in [0.25, 0.3) is 5.91 Å². The van der Waals surface area contributed by atoms with Gasteiger partial charge in [-0.15, -0.1) is 0 Å². The topological polar surface area (TPSA) is 87.9 Å². The van der Waals surface area contributed by atoms with Gasteiger partial charge in [0.05, 0.1) is 6.54 Å². The largest absolute Gasteiger partial charge is 0.481 e. The Labute approximate surface area is 169 Å². The van der Waals surface area contributed by atoms with Gasteiger partial charge in [-0.05, 0) is 25.1 Å². The molecule has 0 aliphatic carbocycles. The molecule has 0 radical (unpaired) electrons. The van der Waals surface area contributed by atoms with E-state index in [1.54, 1.807) is 24.0 Å². The van der Waals surface area contributed by atoms with Crippen molar-refractivity contribution < 1.29 is 23.2 Å². The summed E-state index contributed by atoms with van der Waals surface area (Å²) in [6.45, 7) is 3.78. The standard InChI is InChI=1S/C18H20BrFN4O4/c1-12-8-16(22-28-12)21-17(25)10-23-4-6-24(7-5-23)18(26)11-27-15-3-2-13(19)9-14(15)20/h2-3,8-9H,4-7,10-11H2,1H3,(H,21,22,25). The van der Waals surface area contributed by atoms with Crippen LogP contribution >= 0.6 is 15.9 Å². The smallest absolute Gasteiger partial charge is 0.260 e. The minimum Gasteiger partial charge on any atom is -0.481 e. The number of nitrogens with one attached hydrogen (secondary N) is 1. The number of carbonyl (C=O) groups is 2. The van der Waals surface area contributed by atoms with Gasteiger partial charge in [-0.1, -0.05) is 21.1 Å². The third kappa shape index (κ3) is 5.52. The highest BCUT2D eigenvalue weighted by molar-refractivity contribution is 9.10. The molecule has 1 N–H and O–H groups in total. The van der Waals surface area contributed by atoms with Crippen molar-refractivity contribution in [2.75, 3.05) is 44.6 Å². The zero-order chi connectivity index (χ0) is 20.1. The van der Waals surface area contributed by atoms with Crippen molar-refractivity contribution in [3.63, 3.8) is 0 Å². The summed E-state index contributed by atoms with van der Waals surface area (Å²) in [5.41, 5.74) is 0. The van der Waals surface area contributed by atoms with Crippen molar-refractivity contribution in [3.8, 4) is 5.75 Å². The van der Waals surface area contributed by atoms with Crippen molar-refractivity contribution >= 4 is 33.6 Å². The van der Waals surface area contributed by atoms with Crippen LogP contribution in [0.15, 0.2) is 33.3 Å². The van der Waals surface area contributed by atoms with Gasteiger partial charge in [0.15, 0.2) is 24.0 Å². The maximum atomic E-state index is 13.7. The van der Waals surface area contributed by atoms with Crippen LogP contribution < -0.4 is 10.1 Å². The number of piperazine rings is 1. The first-order valence-corrected chi connectivity index (χ1v) is 9.51. The molecule has 3 rings (SSSR count). The maximum Gasteiger partial charge on any atom is 0.260 e. The molecular formula is C18H20BrFN4O4. The molecule has 1 aliphatic heterocycles. The summed E-state index contributed by atoms with van der Waals surface area (Å²) in [4.78, 5) is 27.9.